The molecule has 0 aliphatic heterocycles. The number of para-hydroxylation sites is 1. The zero-order valence-electron chi connectivity index (χ0n) is 30.1. The number of aromatic nitrogens is 3. The summed E-state index contributed by atoms with van der Waals surface area (Å²) in [5, 5.41) is 4.27. The Morgan fingerprint density at radius 2 is 0.768 bits per heavy atom. The lowest BCUT2D eigenvalue weighted by atomic mass is 9.95. The summed E-state index contributed by atoms with van der Waals surface area (Å²) in [5.74, 6) is 1.80. The van der Waals surface area contributed by atoms with Gasteiger partial charge >= 0.3 is 0 Å². The van der Waals surface area contributed by atoms with Gasteiger partial charge in [0.1, 0.15) is 22.3 Å². The largest absolute Gasteiger partial charge is 0.456 e. The molecule has 0 saturated carbocycles. The standard InChI is InChI=1S/C51H31N3O2/c1-4-13-32(14-5-1)35-19-12-20-37(27-35)50-52-49(34-17-8-3-9-18-34)53-51(54-50)38-24-26-42-41-25-23-36(30-46(41)55-47(42)31-38)39-28-43(33-15-6-2-7-16-33)48-44(29-39)40-21-10-11-22-45(40)56-48/h1-31H. The van der Waals surface area contributed by atoms with E-state index in [-0.39, 0.29) is 0 Å². The number of nitrogens with zero attached hydrogens (tertiary/aromatic N) is 3. The predicted molar refractivity (Wildman–Crippen MR) is 227 cm³/mol. The highest BCUT2D eigenvalue weighted by molar-refractivity contribution is 6.12. The summed E-state index contributed by atoms with van der Waals surface area (Å²) in [6, 6.07) is 64.6. The Labute approximate surface area is 322 Å². The molecule has 5 heteroatoms. The molecule has 8 aromatic carbocycles. The van der Waals surface area contributed by atoms with Crippen molar-refractivity contribution >= 4 is 43.9 Å². The fourth-order valence-corrected chi connectivity index (χ4v) is 7.74. The minimum absolute atomic E-state index is 0.580. The molecule has 3 aromatic heterocycles. The Morgan fingerprint density at radius 3 is 1.48 bits per heavy atom. The lowest BCUT2D eigenvalue weighted by molar-refractivity contribution is 0.669. The molecule has 0 spiro atoms. The Kier molecular flexibility index (Phi) is 7.42. The second-order valence-electron chi connectivity index (χ2n) is 14.0. The molecule has 11 aromatic rings. The van der Waals surface area contributed by atoms with Crippen LogP contribution >= 0.6 is 0 Å². The van der Waals surface area contributed by atoms with Crippen molar-refractivity contribution in [3.05, 3.63) is 188 Å². The minimum atomic E-state index is 0.580. The Balaban J connectivity index is 1.03. The fraction of sp³-hybridized carbons (Fsp3) is 0. The molecule has 3 heterocycles. The molecule has 0 atom stereocenters. The van der Waals surface area contributed by atoms with Gasteiger partial charge in [-0.1, -0.05) is 140 Å². The van der Waals surface area contributed by atoms with Gasteiger partial charge in [-0.3, -0.25) is 0 Å². The summed E-state index contributed by atoms with van der Waals surface area (Å²) in [6.45, 7) is 0. The molecule has 0 radical (unpaired) electrons. The van der Waals surface area contributed by atoms with Crippen LogP contribution in [0.2, 0.25) is 0 Å². The maximum atomic E-state index is 6.64. The summed E-state index contributed by atoms with van der Waals surface area (Å²) >= 11 is 0. The van der Waals surface area contributed by atoms with Gasteiger partial charge in [0, 0.05) is 43.8 Å². The normalized spacial score (nSPS) is 11.6. The molecule has 262 valence electrons. The van der Waals surface area contributed by atoms with Gasteiger partial charge < -0.3 is 8.83 Å². The van der Waals surface area contributed by atoms with Crippen molar-refractivity contribution < 1.29 is 8.83 Å². The molecular weight excluding hydrogens is 687 g/mol. The van der Waals surface area contributed by atoms with E-state index < -0.39 is 0 Å². The zero-order valence-corrected chi connectivity index (χ0v) is 30.1. The van der Waals surface area contributed by atoms with E-state index in [0.29, 0.717) is 17.5 Å². The molecule has 0 aliphatic carbocycles. The van der Waals surface area contributed by atoms with Crippen LogP contribution in [0.4, 0.5) is 0 Å². The van der Waals surface area contributed by atoms with E-state index in [2.05, 4.69) is 127 Å². The molecular formula is C51H31N3O2. The van der Waals surface area contributed by atoms with Gasteiger partial charge in [-0.25, -0.2) is 15.0 Å². The van der Waals surface area contributed by atoms with Crippen molar-refractivity contribution in [2.45, 2.75) is 0 Å². The van der Waals surface area contributed by atoms with Gasteiger partial charge in [0.15, 0.2) is 17.5 Å². The maximum absolute atomic E-state index is 6.64. The van der Waals surface area contributed by atoms with Gasteiger partial charge in [0.25, 0.3) is 0 Å². The van der Waals surface area contributed by atoms with Crippen molar-refractivity contribution in [1.82, 2.24) is 15.0 Å². The summed E-state index contributed by atoms with van der Waals surface area (Å²) < 4.78 is 13.1. The van der Waals surface area contributed by atoms with E-state index in [4.69, 9.17) is 23.8 Å². The average molecular weight is 718 g/mol. The first-order valence-electron chi connectivity index (χ1n) is 18.7. The zero-order chi connectivity index (χ0) is 37.0. The summed E-state index contributed by atoms with van der Waals surface area (Å²) in [6.07, 6.45) is 0. The van der Waals surface area contributed by atoms with Crippen LogP contribution in [0.25, 0.3) is 111 Å². The number of hydrogen-bond acceptors (Lipinski definition) is 5. The van der Waals surface area contributed by atoms with Crippen LogP contribution in [0.5, 0.6) is 0 Å². The number of hydrogen-bond donors (Lipinski definition) is 0. The summed E-state index contributed by atoms with van der Waals surface area (Å²) in [7, 11) is 0. The van der Waals surface area contributed by atoms with Crippen LogP contribution in [-0.2, 0) is 0 Å². The topological polar surface area (TPSA) is 65.0 Å². The van der Waals surface area contributed by atoms with E-state index >= 15 is 0 Å². The summed E-state index contributed by atoms with van der Waals surface area (Å²) in [5.41, 5.74) is 12.6. The number of fused-ring (bicyclic) bond motifs is 6. The van der Waals surface area contributed by atoms with Crippen molar-refractivity contribution in [3.63, 3.8) is 0 Å². The van der Waals surface area contributed by atoms with Gasteiger partial charge in [-0.05, 0) is 76.3 Å². The molecule has 5 nitrogen and oxygen atoms in total. The third-order valence-corrected chi connectivity index (χ3v) is 10.5. The predicted octanol–water partition coefficient (Wildman–Crippen LogP) is 13.7. The van der Waals surface area contributed by atoms with Crippen molar-refractivity contribution in [2.75, 3.05) is 0 Å². The highest BCUT2D eigenvalue weighted by atomic mass is 16.3. The molecule has 0 amide bonds. The number of benzene rings is 8. The van der Waals surface area contributed by atoms with Crippen LogP contribution in [0.1, 0.15) is 0 Å². The number of rotatable bonds is 6. The van der Waals surface area contributed by atoms with Crippen LogP contribution in [0.3, 0.4) is 0 Å². The SMILES string of the molecule is c1ccc(-c2cccc(-c3nc(-c4ccccc4)nc(-c4ccc5c(c4)oc4cc(-c6cc(-c7ccccc7)c7oc8ccccc8c7c6)ccc45)n3)c2)cc1. The van der Waals surface area contributed by atoms with E-state index in [1.807, 2.05) is 60.7 Å². The molecule has 0 fully saturated rings. The molecule has 56 heavy (non-hydrogen) atoms. The maximum Gasteiger partial charge on any atom is 0.164 e. The lowest BCUT2D eigenvalue weighted by Crippen LogP contribution is -2.00. The third-order valence-electron chi connectivity index (χ3n) is 10.5. The van der Waals surface area contributed by atoms with Crippen molar-refractivity contribution in [1.29, 1.82) is 0 Å². The van der Waals surface area contributed by atoms with Crippen LogP contribution in [-0.4, -0.2) is 15.0 Å². The smallest absolute Gasteiger partial charge is 0.164 e. The first-order chi connectivity index (χ1) is 27.7. The van der Waals surface area contributed by atoms with Crippen molar-refractivity contribution in [2.24, 2.45) is 0 Å². The van der Waals surface area contributed by atoms with E-state index in [1.54, 1.807) is 0 Å². The second kappa shape index (κ2) is 13.0. The van der Waals surface area contributed by atoms with Gasteiger partial charge in [0.2, 0.25) is 0 Å². The molecule has 0 bridgehead atoms. The van der Waals surface area contributed by atoms with Gasteiger partial charge in [-0.2, -0.15) is 0 Å². The third kappa shape index (κ3) is 5.53. The highest BCUT2D eigenvalue weighted by Gasteiger charge is 2.18. The van der Waals surface area contributed by atoms with Gasteiger partial charge in [0.05, 0.1) is 0 Å². The van der Waals surface area contributed by atoms with Crippen LogP contribution in [0, 0.1) is 0 Å². The molecule has 0 N–H and O–H groups in total. The van der Waals surface area contributed by atoms with E-state index in [1.165, 1.54) is 0 Å². The first kappa shape index (κ1) is 31.9. The van der Waals surface area contributed by atoms with E-state index in [9.17, 15) is 0 Å². The fourth-order valence-electron chi connectivity index (χ4n) is 7.74. The lowest BCUT2D eigenvalue weighted by Gasteiger charge is -2.09. The first-order valence-corrected chi connectivity index (χ1v) is 18.7. The Bertz CT molecular complexity index is 3240. The second-order valence-corrected chi connectivity index (χ2v) is 14.0. The highest BCUT2D eigenvalue weighted by Crippen LogP contribution is 2.41. The van der Waals surface area contributed by atoms with Gasteiger partial charge in [-0.15, -0.1) is 0 Å². The monoisotopic (exact) mass is 717 g/mol. The average Bonchev–Trinajstić information content (AvgIpc) is 3.84. The minimum Gasteiger partial charge on any atom is -0.456 e. The quantitative estimate of drug-likeness (QED) is 0.171. The van der Waals surface area contributed by atoms with Crippen LogP contribution < -0.4 is 0 Å². The van der Waals surface area contributed by atoms with E-state index in [0.717, 1.165) is 93.9 Å². The summed E-state index contributed by atoms with van der Waals surface area (Å²) in [4.78, 5) is 15.0. The Hall–Kier alpha value is -7.63. The molecule has 0 aliphatic rings. The number of furan rings is 2. The van der Waals surface area contributed by atoms with Crippen molar-refractivity contribution in [3.8, 4) is 67.5 Å². The molecule has 0 saturated heterocycles. The molecule has 0 unspecified atom stereocenters. The van der Waals surface area contributed by atoms with Crippen LogP contribution in [0.15, 0.2) is 197 Å². The Morgan fingerprint density at radius 1 is 0.268 bits per heavy atom. The molecule has 11 rings (SSSR count).